The van der Waals surface area contributed by atoms with Gasteiger partial charge in [0.2, 0.25) is 5.89 Å². The number of benzene rings is 1. The van der Waals surface area contributed by atoms with Crippen molar-refractivity contribution in [2.75, 3.05) is 13.1 Å². The molecule has 0 spiro atoms. The normalized spacial score (nSPS) is 17.5. The van der Waals surface area contributed by atoms with Crippen LogP contribution < -0.4 is 0 Å². The first-order chi connectivity index (χ1) is 9.70. The second-order valence-corrected chi connectivity index (χ2v) is 5.72. The minimum absolute atomic E-state index is 0.435. The van der Waals surface area contributed by atoms with Crippen molar-refractivity contribution in [3.8, 4) is 0 Å². The zero-order chi connectivity index (χ0) is 13.9. The molecule has 1 aliphatic heterocycles. The molecule has 1 fully saturated rings. The van der Waals surface area contributed by atoms with Crippen molar-refractivity contribution in [2.45, 2.75) is 39.2 Å². The number of piperidine rings is 1. The van der Waals surface area contributed by atoms with E-state index in [9.17, 15) is 0 Å². The lowest BCUT2D eigenvalue weighted by Gasteiger charge is -2.30. The summed E-state index contributed by atoms with van der Waals surface area (Å²) < 4.78 is 5.29. The van der Waals surface area contributed by atoms with Gasteiger partial charge in [-0.25, -0.2) is 0 Å². The quantitative estimate of drug-likeness (QED) is 0.860. The molecular formula is C16H21N3O. The molecule has 2 heterocycles. The highest BCUT2D eigenvalue weighted by Crippen LogP contribution is 2.27. The molecule has 0 bridgehead atoms. The Hall–Kier alpha value is -1.68. The van der Waals surface area contributed by atoms with E-state index in [-0.39, 0.29) is 0 Å². The van der Waals surface area contributed by atoms with Crippen LogP contribution >= 0.6 is 0 Å². The van der Waals surface area contributed by atoms with Crippen LogP contribution in [-0.4, -0.2) is 28.1 Å². The van der Waals surface area contributed by atoms with Crippen LogP contribution in [0.1, 0.15) is 41.6 Å². The Morgan fingerprint density at radius 2 is 2.05 bits per heavy atom. The summed E-state index contributed by atoms with van der Waals surface area (Å²) in [6.07, 6.45) is 2.21. The molecule has 0 amide bonds. The van der Waals surface area contributed by atoms with Crippen LogP contribution in [0.15, 0.2) is 28.8 Å². The van der Waals surface area contributed by atoms with Crippen LogP contribution in [0.2, 0.25) is 0 Å². The zero-order valence-electron chi connectivity index (χ0n) is 12.2. The largest absolute Gasteiger partial charge is 0.339 e. The molecule has 4 nitrogen and oxygen atoms in total. The average molecular weight is 271 g/mol. The molecule has 0 atom stereocenters. The molecule has 0 saturated carbocycles. The van der Waals surface area contributed by atoms with Gasteiger partial charge in [0.05, 0.1) is 0 Å². The van der Waals surface area contributed by atoms with Crippen LogP contribution in [0, 0.1) is 13.8 Å². The van der Waals surface area contributed by atoms with Gasteiger partial charge >= 0.3 is 0 Å². The van der Waals surface area contributed by atoms with Crippen LogP contribution in [-0.2, 0) is 6.54 Å². The second kappa shape index (κ2) is 5.75. The number of rotatable bonds is 3. The highest BCUT2D eigenvalue weighted by Gasteiger charge is 2.24. The first-order valence-electron chi connectivity index (χ1n) is 7.29. The lowest BCUT2D eigenvalue weighted by Crippen LogP contribution is -2.32. The van der Waals surface area contributed by atoms with Crippen molar-refractivity contribution in [3.05, 3.63) is 47.1 Å². The van der Waals surface area contributed by atoms with E-state index in [0.29, 0.717) is 5.92 Å². The first-order valence-corrected chi connectivity index (χ1v) is 7.29. The summed E-state index contributed by atoms with van der Waals surface area (Å²) in [6.45, 7) is 7.25. The van der Waals surface area contributed by atoms with Crippen molar-refractivity contribution in [3.63, 3.8) is 0 Å². The maximum absolute atomic E-state index is 5.29. The maximum atomic E-state index is 5.29. The number of aromatic nitrogens is 2. The first kappa shape index (κ1) is 13.3. The third-order valence-electron chi connectivity index (χ3n) is 3.97. The van der Waals surface area contributed by atoms with E-state index in [4.69, 9.17) is 4.52 Å². The fourth-order valence-corrected chi connectivity index (χ4v) is 2.89. The van der Waals surface area contributed by atoms with Crippen molar-refractivity contribution in [1.29, 1.82) is 0 Å². The Bertz CT molecular complexity index is 571. The number of hydrogen-bond acceptors (Lipinski definition) is 4. The smallest absolute Gasteiger partial charge is 0.229 e. The summed E-state index contributed by atoms with van der Waals surface area (Å²) in [7, 11) is 0. The van der Waals surface area contributed by atoms with Gasteiger partial charge in [-0.3, -0.25) is 4.90 Å². The third-order valence-corrected chi connectivity index (χ3v) is 3.97. The SMILES string of the molecule is Cc1cccc(CN2CCC(c3nc(C)no3)CC2)c1. The predicted octanol–water partition coefficient (Wildman–Crippen LogP) is 3.07. The third kappa shape index (κ3) is 3.07. The molecule has 0 unspecified atom stereocenters. The highest BCUT2D eigenvalue weighted by molar-refractivity contribution is 5.22. The van der Waals surface area contributed by atoms with Gasteiger partial charge in [0, 0.05) is 12.5 Å². The van der Waals surface area contributed by atoms with Crippen molar-refractivity contribution >= 4 is 0 Å². The Labute approximate surface area is 119 Å². The Kier molecular flexibility index (Phi) is 3.83. The topological polar surface area (TPSA) is 42.2 Å². The fourth-order valence-electron chi connectivity index (χ4n) is 2.89. The molecule has 106 valence electrons. The van der Waals surface area contributed by atoms with Crippen LogP contribution in [0.5, 0.6) is 0 Å². The monoisotopic (exact) mass is 271 g/mol. The van der Waals surface area contributed by atoms with E-state index in [1.54, 1.807) is 0 Å². The van der Waals surface area contributed by atoms with E-state index in [1.807, 2.05) is 6.92 Å². The lowest BCUT2D eigenvalue weighted by atomic mass is 9.96. The Morgan fingerprint density at radius 1 is 1.25 bits per heavy atom. The van der Waals surface area contributed by atoms with Gasteiger partial charge < -0.3 is 4.52 Å². The molecule has 3 rings (SSSR count). The molecule has 4 heteroatoms. The highest BCUT2D eigenvalue weighted by atomic mass is 16.5. The van der Waals surface area contributed by atoms with Gasteiger partial charge in [-0.05, 0) is 45.3 Å². The summed E-state index contributed by atoms with van der Waals surface area (Å²) in [4.78, 5) is 6.87. The molecule has 0 aliphatic carbocycles. The van der Waals surface area contributed by atoms with Gasteiger partial charge in [0.25, 0.3) is 0 Å². The van der Waals surface area contributed by atoms with Gasteiger partial charge in [-0.2, -0.15) is 4.98 Å². The number of nitrogens with zero attached hydrogens (tertiary/aromatic N) is 3. The molecule has 20 heavy (non-hydrogen) atoms. The van der Waals surface area contributed by atoms with E-state index >= 15 is 0 Å². The van der Waals surface area contributed by atoms with Gasteiger partial charge in [-0.1, -0.05) is 35.0 Å². The molecule has 0 N–H and O–H groups in total. The van der Waals surface area contributed by atoms with Crippen LogP contribution in [0.25, 0.3) is 0 Å². The van der Waals surface area contributed by atoms with Gasteiger partial charge in [0.15, 0.2) is 5.82 Å². The summed E-state index contributed by atoms with van der Waals surface area (Å²) in [5, 5.41) is 3.89. The zero-order valence-corrected chi connectivity index (χ0v) is 12.2. The summed E-state index contributed by atoms with van der Waals surface area (Å²) in [5.74, 6) is 1.99. The molecule has 1 aromatic heterocycles. The summed E-state index contributed by atoms with van der Waals surface area (Å²) in [6, 6.07) is 8.76. The Morgan fingerprint density at radius 3 is 2.70 bits per heavy atom. The maximum Gasteiger partial charge on any atom is 0.229 e. The number of hydrogen-bond donors (Lipinski definition) is 0. The van der Waals surface area contributed by atoms with E-state index < -0.39 is 0 Å². The molecule has 1 saturated heterocycles. The Balaban J connectivity index is 1.56. The van der Waals surface area contributed by atoms with Crippen LogP contribution in [0.4, 0.5) is 0 Å². The second-order valence-electron chi connectivity index (χ2n) is 5.72. The summed E-state index contributed by atoms with van der Waals surface area (Å²) in [5.41, 5.74) is 2.73. The van der Waals surface area contributed by atoms with Gasteiger partial charge in [0.1, 0.15) is 0 Å². The number of likely N-dealkylation sites (tertiary alicyclic amines) is 1. The van der Waals surface area contributed by atoms with E-state index in [0.717, 1.165) is 44.2 Å². The van der Waals surface area contributed by atoms with Crippen molar-refractivity contribution < 1.29 is 4.52 Å². The predicted molar refractivity (Wildman–Crippen MR) is 77.5 cm³/mol. The average Bonchev–Trinajstić information content (AvgIpc) is 2.86. The molecule has 1 aromatic carbocycles. The fraction of sp³-hybridized carbons (Fsp3) is 0.500. The lowest BCUT2D eigenvalue weighted by molar-refractivity contribution is 0.187. The molecule has 0 radical (unpaired) electrons. The van der Waals surface area contributed by atoms with Gasteiger partial charge in [-0.15, -0.1) is 0 Å². The number of aryl methyl sites for hydroxylation is 2. The van der Waals surface area contributed by atoms with E-state index in [1.165, 1.54) is 11.1 Å². The van der Waals surface area contributed by atoms with Crippen LogP contribution in [0.3, 0.4) is 0 Å². The minimum atomic E-state index is 0.435. The van der Waals surface area contributed by atoms with E-state index in [2.05, 4.69) is 46.2 Å². The van der Waals surface area contributed by atoms with Crippen molar-refractivity contribution in [2.24, 2.45) is 0 Å². The molecule has 2 aromatic rings. The molecular weight excluding hydrogens is 250 g/mol. The minimum Gasteiger partial charge on any atom is -0.339 e. The van der Waals surface area contributed by atoms with Crippen molar-refractivity contribution in [1.82, 2.24) is 15.0 Å². The molecule has 1 aliphatic rings. The summed E-state index contributed by atoms with van der Waals surface area (Å²) >= 11 is 0. The standard InChI is InChI=1S/C16H21N3O/c1-12-4-3-5-14(10-12)11-19-8-6-15(7-9-19)16-17-13(2)18-20-16/h3-5,10,15H,6-9,11H2,1-2H3.